The van der Waals surface area contributed by atoms with E-state index in [9.17, 15) is 5.11 Å². The molecule has 0 radical (unpaired) electrons. The molecule has 2 nitrogen and oxygen atoms in total. The third-order valence-corrected chi connectivity index (χ3v) is 5.01. The SMILES string of the molecule is CCCCCCOc1ccc(P=C([O-])c2c(C)cccc2C)cc1. The van der Waals surface area contributed by atoms with Gasteiger partial charge in [0, 0.05) is 5.30 Å². The summed E-state index contributed by atoms with van der Waals surface area (Å²) >= 11 is 0. The zero-order chi connectivity index (χ0) is 17.4. The monoisotopic (exact) mass is 341 g/mol. The normalized spacial score (nSPS) is 11.6. The molecular formula is C21H26O2P-. The summed E-state index contributed by atoms with van der Waals surface area (Å²) < 4.78 is 5.75. The molecule has 3 heteroatoms. The van der Waals surface area contributed by atoms with Crippen LogP contribution in [-0.4, -0.2) is 12.1 Å². The third-order valence-electron chi connectivity index (χ3n) is 4.03. The Balaban J connectivity index is 2.00. The highest BCUT2D eigenvalue weighted by Gasteiger charge is 2.01. The van der Waals surface area contributed by atoms with Crippen LogP contribution in [0.3, 0.4) is 0 Å². The lowest BCUT2D eigenvalue weighted by Gasteiger charge is -2.17. The van der Waals surface area contributed by atoms with Gasteiger partial charge in [0.05, 0.1) is 6.61 Å². The summed E-state index contributed by atoms with van der Waals surface area (Å²) in [5.74, 6) is 0.880. The van der Waals surface area contributed by atoms with Gasteiger partial charge in [-0.15, -0.1) is 5.48 Å². The number of hydrogen-bond donors (Lipinski definition) is 0. The Bertz CT molecular complexity index is 654. The first-order valence-electron chi connectivity index (χ1n) is 8.67. The topological polar surface area (TPSA) is 32.3 Å². The summed E-state index contributed by atoms with van der Waals surface area (Å²) in [5, 5.41) is 13.6. The summed E-state index contributed by atoms with van der Waals surface area (Å²) in [6, 6.07) is 13.9. The van der Waals surface area contributed by atoms with Gasteiger partial charge in [-0.05, 0) is 61.2 Å². The average molecular weight is 341 g/mol. The van der Waals surface area contributed by atoms with E-state index >= 15 is 0 Å². The van der Waals surface area contributed by atoms with Gasteiger partial charge in [0.1, 0.15) is 5.75 Å². The van der Waals surface area contributed by atoms with Crippen molar-refractivity contribution in [1.82, 2.24) is 0 Å². The zero-order valence-electron chi connectivity index (χ0n) is 14.8. The molecule has 2 rings (SSSR count). The van der Waals surface area contributed by atoms with Crippen LogP contribution < -0.4 is 15.1 Å². The molecule has 0 saturated carbocycles. The van der Waals surface area contributed by atoms with E-state index in [4.69, 9.17) is 4.74 Å². The molecule has 0 atom stereocenters. The smallest absolute Gasteiger partial charge is 0.119 e. The van der Waals surface area contributed by atoms with Crippen molar-refractivity contribution in [3.8, 4) is 5.75 Å². The van der Waals surface area contributed by atoms with Gasteiger partial charge in [0.2, 0.25) is 0 Å². The van der Waals surface area contributed by atoms with Gasteiger partial charge in [0.15, 0.2) is 0 Å². The summed E-state index contributed by atoms with van der Waals surface area (Å²) in [4.78, 5) is 0. The number of unbranched alkanes of at least 4 members (excludes halogenated alkanes) is 3. The van der Waals surface area contributed by atoms with Crippen LogP contribution in [0.4, 0.5) is 0 Å². The molecule has 2 aromatic carbocycles. The molecule has 0 aliphatic rings. The first kappa shape index (κ1) is 18.7. The predicted molar refractivity (Wildman–Crippen MR) is 103 cm³/mol. The molecule has 0 amide bonds. The molecule has 0 heterocycles. The lowest BCUT2D eigenvalue weighted by atomic mass is 10.0. The molecule has 128 valence electrons. The van der Waals surface area contributed by atoms with Gasteiger partial charge >= 0.3 is 0 Å². The van der Waals surface area contributed by atoms with Crippen molar-refractivity contribution in [3.05, 3.63) is 59.2 Å². The molecule has 0 aliphatic heterocycles. The Kier molecular flexibility index (Phi) is 7.49. The fourth-order valence-electron chi connectivity index (χ4n) is 2.66. The molecule has 0 bridgehead atoms. The van der Waals surface area contributed by atoms with E-state index in [1.54, 1.807) is 0 Å². The van der Waals surface area contributed by atoms with Crippen molar-refractivity contribution < 1.29 is 9.84 Å². The lowest BCUT2D eigenvalue weighted by molar-refractivity contribution is -0.207. The van der Waals surface area contributed by atoms with Crippen LogP contribution in [0.25, 0.3) is 0 Å². The molecule has 24 heavy (non-hydrogen) atoms. The van der Waals surface area contributed by atoms with Crippen LogP contribution in [0.5, 0.6) is 5.75 Å². The maximum atomic E-state index is 12.6. The minimum absolute atomic E-state index is 0.152. The molecule has 0 unspecified atom stereocenters. The van der Waals surface area contributed by atoms with Crippen LogP contribution in [0.1, 0.15) is 49.3 Å². The van der Waals surface area contributed by atoms with Gasteiger partial charge in [-0.1, -0.05) is 52.6 Å². The summed E-state index contributed by atoms with van der Waals surface area (Å²) in [6.07, 6.45) is 4.82. The second kappa shape index (κ2) is 9.61. The van der Waals surface area contributed by atoms with Gasteiger partial charge in [0.25, 0.3) is 0 Å². The third kappa shape index (κ3) is 5.47. The molecule has 0 saturated heterocycles. The van der Waals surface area contributed by atoms with Gasteiger partial charge < -0.3 is 9.84 Å². The number of benzene rings is 2. The molecule has 0 fully saturated rings. The second-order valence-corrected chi connectivity index (χ2v) is 7.23. The number of rotatable bonds is 8. The van der Waals surface area contributed by atoms with Crippen LogP contribution in [0, 0.1) is 13.8 Å². The fraction of sp³-hybridized carbons (Fsp3) is 0.381. The summed E-state index contributed by atoms with van der Waals surface area (Å²) in [7, 11) is 0.713. The van der Waals surface area contributed by atoms with E-state index in [2.05, 4.69) is 6.92 Å². The van der Waals surface area contributed by atoms with Crippen molar-refractivity contribution >= 4 is 19.0 Å². The maximum Gasteiger partial charge on any atom is 0.119 e. The van der Waals surface area contributed by atoms with E-state index in [0.29, 0.717) is 8.20 Å². The summed E-state index contributed by atoms with van der Waals surface area (Å²) in [6.45, 7) is 6.95. The Morgan fingerprint density at radius 1 is 0.958 bits per heavy atom. The van der Waals surface area contributed by atoms with Crippen LogP contribution in [-0.2, 0) is 0 Å². The van der Waals surface area contributed by atoms with Crippen LogP contribution in [0.2, 0.25) is 0 Å². The molecule has 0 N–H and O–H groups in total. The van der Waals surface area contributed by atoms with Crippen molar-refractivity contribution in [2.45, 2.75) is 46.5 Å². The van der Waals surface area contributed by atoms with Crippen molar-refractivity contribution in [2.24, 2.45) is 0 Å². The Morgan fingerprint density at radius 2 is 1.62 bits per heavy atom. The van der Waals surface area contributed by atoms with Crippen LogP contribution in [0.15, 0.2) is 42.5 Å². The van der Waals surface area contributed by atoms with Crippen LogP contribution >= 0.6 is 8.20 Å². The first-order chi connectivity index (χ1) is 11.6. The van der Waals surface area contributed by atoms with Gasteiger partial charge in [-0.2, -0.15) is 0 Å². The molecule has 0 spiro atoms. The zero-order valence-corrected chi connectivity index (χ0v) is 15.7. The fourth-order valence-corrected chi connectivity index (χ4v) is 3.66. The molecular weight excluding hydrogens is 315 g/mol. The van der Waals surface area contributed by atoms with E-state index in [1.807, 2.05) is 56.3 Å². The number of ether oxygens (including phenoxy) is 1. The number of hydrogen-bond acceptors (Lipinski definition) is 2. The highest BCUT2D eigenvalue weighted by Crippen LogP contribution is 2.17. The minimum Gasteiger partial charge on any atom is -0.823 e. The highest BCUT2D eigenvalue weighted by molar-refractivity contribution is 7.49. The largest absolute Gasteiger partial charge is 0.823 e. The highest BCUT2D eigenvalue weighted by atomic mass is 31.1. The Labute approximate surface area is 147 Å². The van der Waals surface area contributed by atoms with Crippen molar-refractivity contribution in [2.75, 3.05) is 6.61 Å². The second-order valence-electron chi connectivity index (χ2n) is 6.09. The van der Waals surface area contributed by atoms with E-state index in [0.717, 1.165) is 40.8 Å². The van der Waals surface area contributed by atoms with Crippen molar-refractivity contribution in [1.29, 1.82) is 0 Å². The molecule has 0 aliphatic carbocycles. The van der Waals surface area contributed by atoms with E-state index < -0.39 is 0 Å². The van der Waals surface area contributed by atoms with E-state index in [1.165, 1.54) is 19.3 Å². The maximum absolute atomic E-state index is 12.6. The standard InChI is InChI=1S/C21H27O2P/c1-4-5-6-7-15-23-18-11-13-19(14-12-18)24-21(22)20-16(2)9-8-10-17(20)3/h8-14,22H,4-7,15H2,1-3H3/p-1. The first-order valence-corrected chi connectivity index (χ1v) is 9.56. The Morgan fingerprint density at radius 3 is 2.25 bits per heavy atom. The van der Waals surface area contributed by atoms with Gasteiger partial charge in [-0.25, -0.2) is 0 Å². The Hall–Kier alpha value is -1.63. The molecule has 2 aromatic rings. The number of aryl methyl sites for hydroxylation is 2. The van der Waals surface area contributed by atoms with Crippen molar-refractivity contribution in [3.63, 3.8) is 0 Å². The quantitative estimate of drug-likeness (QED) is 0.527. The minimum atomic E-state index is 0.152. The predicted octanol–water partition coefficient (Wildman–Crippen LogP) is 4.37. The lowest BCUT2D eigenvalue weighted by Crippen LogP contribution is -2.20. The summed E-state index contributed by atoms with van der Waals surface area (Å²) in [5.41, 5.74) is 3.08. The van der Waals surface area contributed by atoms with E-state index in [-0.39, 0.29) is 5.48 Å². The average Bonchev–Trinajstić information content (AvgIpc) is 2.56. The molecule has 0 aromatic heterocycles. The van der Waals surface area contributed by atoms with Gasteiger partial charge in [-0.3, -0.25) is 0 Å².